The molecule has 1 aromatic carbocycles. The standard InChI is InChI=1S/C20H27BF4N2O4/c1-12-8-15(22)16(9-14(12)21-30-18(2,3)19(4,5)31-21)26-17(28)27-7-6-13(10-27)29-11-20(23,24)25/h8-9,13H,6-7,10-11H2,1-5H3,(H,26,28)/t13-/m1/s1. The summed E-state index contributed by atoms with van der Waals surface area (Å²) in [7, 11) is -0.729. The van der Waals surface area contributed by atoms with E-state index in [0.29, 0.717) is 11.0 Å². The average molecular weight is 446 g/mol. The zero-order valence-electron chi connectivity index (χ0n) is 18.2. The first-order chi connectivity index (χ1) is 14.2. The number of hydrogen-bond donors (Lipinski definition) is 1. The highest BCUT2D eigenvalue weighted by atomic mass is 19.4. The Morgan fingerprint density at radius 2 is 1.87 bits per heavy atom. The number of ether oxygens (including phenoxy) is 1. The van der Waals surface area contributed by atoms with Crippen molar-refractivity contribution >= 4 is 24.3 Å². The number of amides is 2. The molecule has 1 atom stereocenters. The van der Waals surface area contributed by atoms with Crippen LogP contribution in [0.2, 0.25) is 0 Å². The van der Waals surface area contributed by atoms with Crippen LogP contribution in [0, 0.1) is 12.7 Å². The zero-order chi connectivity index (χ0) is 23.2. The lowest BCUT2D eigenvalue weighted by Gasteiger charge is -2.32. The molecular formula is C20H27BF4N2O4. The highest BCUT2D eigenvalue weighted by Crippen LogP contribution is 2.37. The molecule has 2 amide bonds. The van der Waals surface area contributed by atoms with Crippen molar-refractivity contribution in [1.82, 2.24) is 4.90 Å². The van der Waals surface area contributed by atoms with Crippen molar-refractivity contribution in [2.45, 2.75) is 64.5 Å². The molecule has 0 aromatic heterocycles. The van der Waals surface area contributed by atoms with E-state index in [0.717, 1.165) is 0 Å². The Morgan fingerprint density at radius 3 is 2.45 bits per heavy atom. The van der Waals surface area contributed by atoms with Crippen LogP contribution in [0.15, 0.2) is 12.1 Å². The topological polar surface area (TPSA) is 60.0 Å². The molecule has 31 heavy (non-hydrogen) atoms. The number of halogens is 4. The van der Waals surface area contributed by atoms with E-state index < -0.39 is 49.1 Å². The number of anilines is 1. The van der Waals surface area contributed by atoms with Gasteiger partial charge in [-0.25, -0.2) is 9.18 Å². The van der Waals surface area contributed by atoms with E-state index in [9.17, 15) is 22.4 Å². The van der Waals surface area contributed by atoms with Crippen molar-refractivity contribution in [3.63, 3.8) is 0 Å². The fraction of sp³-hybridized carbons (Fsp3) is 0.650. The minimum absolute atomic E-state index is 0.000519. The van der Waals surface area contributed by atoms with E-state index in [-0.39, 0.29) is 25.2 Å². The molecule has 2 aliphatic rings. The Hall–Kier alpha value is -1.85. The third kappa shape index (κ3) is 5.32. The minimum atomic E-state index is -4.43. The van der Waals surface area contributed by atoms with Crippen molar-refractivity contribution in [2.75, 3.05) is 25.0 Å². The number of benzene rings is 1. The number of nitrogens with zero attached hydrogens (tertiary/aromatic N) is 1. The minimum Gasteiger partial charge on any atom is -0.399 e. The third-order valence-electron chi connectivity index (χ3n) is 6.02. The maximum atomic E-state index is 14.5. The van der Waals surface area contributed by atoms with Gasteiger partial charge in [0.25, 0.3) is 0 Å². The van der Waals surface area contributed by atoms with E-state index in [1.807, 2.05) is 27.7 Å². The fourth-order valence-corrected chi connectivity index (χ4v) is 3.46. The van der Waals surface area contributed by atoms with Crippen molar-refractivity contribution in [2.24, 2.45) is 0 Å². The lowest BCUT2D eigenvalue weighted by atomic mass is 9.76. The SMILES string of the molecule is Cc1cc(F)c(NC(=O)N2CC[C@@H](OCC(F)(F)F)C2)cc1B1OC(C)(C)C(C)(C)O1. The molecule has 0 unspecified atom stereocenters. The lowest BCUT2D eigenvalue weighted by molar-refractivity contribution is -0.183. The number of carbonyl (C=O) groups excluding carboxylic acids is 1. The Bertz CT molecular complexity index is 831. The number of hydrogen-bond acceptors (Lipinski definition) is 4. The highest BCUT2D eigenvalue weighted by molar-refractivity contribution is 6.62. The highest BCUT2D eigenvalue weighted by Gasteiger charge is 2.52. The second-order valence-corrected chi connectivity index (χ2v) is 8.99. The summed E-state index contributed by atoms with van der Waals surface area (Å²) >= 11 is 0. The quantitative estimate of drug-likeness (QED) is 0.567. The van der Waals surface area contributed by atoms with Crippen LogP contribution >= 0.6 is 0 Å². The van der Waals surface area contributed by atoms with Crippen molar-refractivity contribution in [3.05, 3.63) is 23.5 Å². The predicted octanol–water partition coefficient (Wildman–Crippen LogP) is 3.62. The maximum absolute atomic E-state index is 14.5. The van der Waals surface area contributed by atoms with Crippen LogP contribution in [-0.4, -0.2) is 61.2 Å². The van der Waals surface area contributed by atoms with Gasteiger partial charge >= 0.3 is 19.3 Å². The zero-order valence-corrected chi connectivity index (χ0v) is 18.2. The van der Waals surface area contributed by atoms with Gasteiger partial charge in [-0.15, -0.1) is 0 Å². The molecule has 6 nitrogen and oxygen atoms in total. The third-order valence-corrected chi connectivity index (χ3v) is 6.02. The lowest BCUT2D eigenvalue weighted by Crippen LogP contribution is -2.41. The van der Waals surface area contributed by atoms with Gasteiger partial charge in [0.2, 0.25) is 0 Å². The van der Waals surface area contributed by atoms with Crippen LogP contribution in [0.25, 0.3) is 0 Å². The Labute approximate surface area is 179 Å². The monoisotopic (exact) mass is 446 g/mol. The Kier molecular flexibility index (Phi) is 6.34. The molecular weight excluding hydrogens is 419 g/mol. The van der Waals surface area contributed by atoms with E-state index in [4.69, 9.17) is 14.0 Å². The first kappa shape index (κ1) is 23.8. The van der Waals surface area contributed by atoms with Gasteiger partial charge in [0, 0.05) is 13.1 Å². The molecule has 3 rings (SSSR count). The molecule has 2 aliphatic heterocycles. The Morgan fingerprint density at radius 1 is 1.26 bits per heavy atom. The van der Waals surface area contributed by atoms with Crippen LogP contribution in [0.1, 0.15) is 39.7 Å². The van der Waals surface area contributed by atoms with E-state index >= 15 is 0 Å². The average Bonchev–Trinajstić information content (AvgIpc) is 3.17. The number of carbonyl (C=O) groups is 1. The summed E-state index contributed by atoms with van der Waals surface area (Å²) in [4.78, 5) is 13.8. The first-order valence-electron chi connectivity index (χ1n) is 10.1. The molecule has 1 aromatic rings. The number of nitrogens with one attached hydrogen (secondary N) is 1. The maximum Gasteiger partial charge on any atom is 0.495 e. The molecule has 0 radical (unpaired) electrons. The summed E-state index contributed by atoms with van der Waals surface area (Å²) in [5.41, 5.74) is -0.0231. The van der Waals surface area contributed by atoms with Gasteiger partial charge < -0.3 is 24.3 Å². The molecule has 11 heteroatoms. The molecule has 2 fully saturated rings. The number of likely N-dealkylation sites (tertiary alicyclic amines) is 1. The molecule has 0 aliphatic carbocycles. The normalized spacial score (nSPS) is 22.8. The molecule has 0 bridgehead atoms. The first-order valence-corrected chi connectivity index (χ1v) is 10.1. The van der Waals surface area contributed by atoms with Gasteiger partial charge in [-0.05, 0) is 64.2 Å². The van der Waals surface area contributed by atoms with Gasteiger partial charge in [0.1, 0.15) is 12.4 Å². The second-order valence-electron chi connectivity index (χ2n) is 8.99. The second kappa shape index (κ2) is 8.25. The van der Waals surface area contributed by atoms with Crippen LogP contribution < -0.4 is 10.8 Å². The smallest absolute Gasteiger partial charge is 0.399 e. The summed E-state index contributed by atoms with van der Waals surface area (Å²) in [6, 6.07) is 2.15. The summed E-state index contributed by atoms with van der Waals surface area (Å²) in [5.74, 6) is -0.629. The van der Waals surface area contributed by atoms with E-state index in [1.165, 1.54) is 17.0 Å². The van der Waals surface area contributed by atoms with Crippen LogP contribution in [-0.2, 0) is 14.0 Å². The van der Waals surface area contributed by atoms with Gasteiger partial charge in [-0.3, -0.25) is 0 Å². The largest absolute Gasteiger partial charge is 0.495 e. The van der Waals surface area contributed by atoms with Crippen molar-refractivity contribution in [3.8, 4) is 0 Å². The predicted molar refractivity (Wildman–Crippen MR) is 108 cm³/mol. The van der Waals surface area contributed by atoms with Gasteiger partial charge in [0.05, 0.1) is 23.0 Å². The van der Waals surface area contributed by atoms with Crippen LogP contribution in [0.4, 0.5) is 28.0 Å². The fourth-order valence-electron chi connectivity index (χ4n) is 3.46. The van der Waals surface area contributed by atoms with Gasteiger partial charge in [-0.1, -0.05) is 0 Å². The summed E-state index contributed by atoms with van der Waals surface area (Å²) < 4.78 is 68.3. The van der Waals surface area contributed by atoms with Crippen LogP contribution in [0.5, 0.6) is 0 Å². The molecule has 1 N–H and O–H groups in total. The number of rotatable bonds is 4. The van der Waals surface area contributed by atoms with Crippen molar-refractivity contribution in [1.29, 1.82) is 0 Å². The van der Waals surface area contributed by atoms with Crippen molar-refractivity contribution < 1.29 is 36.4 Å². The molecule has 172 valence electrons. The molecule has 2 heterocycles. The summed E-state index contributed by atoms with van der Waals surface area (Å²) in [5, 5.41) is 2.50. The van der Waals surface area contributed by atoms with E-state index in [2.05, 4.69) is 5.32 Å². The molecule has 0 spiro atoms. The van der Waals surface area contributed by atoms with Gasteiger partial charge in [0.15, 0.2) is 0 Å². The van der Waals surface area contributed by atoms with Gasteiger partial charge in [-0.2, -0.15) is 13.2 Å². The number of urea groups is 1. The number of aryl methyl sites for hydroxylation is 1. The van der Waals surface area contributed by atoms with Crippen LogP contribution in [0.3, 0.4) is 0 Å². The molecule has 0 saturated carbocycles. The molecule has 2 saturated heterocycles. The summed E-state index contributed by atoms with van der Waals surface area (Å²) in [6.07, 6.45) is -4.86. The van der Waals surface area contributed by atoms with E-state index in [1.54, 1.807) is 6.92 Å². The number of alkyl halides is 3. The Balaban J connectivity index is 1.69. The summed E-state index contributed by atoms with van der Waals surface area (Å²) in [6.45, 7) is 8.18.